The number of ether oxygens (including phenoxy) is 2. The predicted octanol–water partition coefficient (Wildman–Crippen LogP) is 2.58. The zero-order valence-electron chi connectivity index (χ0n) is 9.92. The van der Waals surface area contributed by atoms with Gasteiger partial charge in [-0.05, 0) is 30.7 Å². The second kappa shape index (κ2) is 6.89. The number of rotatable bonds is 6. The summed E-state index contributed by atoms with van der Waals surface area (Å²) in [4.78, 5) is 0. The first kappa shape index (κ1) is 13.5. The molecule has 1 rings (SSSR count). The molecule has 1 aromatic carbocycles. The van der Waals surface area contributed by atoms with Crippen molar-refractivity contribution in [2.45, 2.75) is 19.5 Å². The van der Waals surface area contributed by atoms with Crippen LogP contribution in [0.25, 0.3) is 0 Å². The first-order valence-electron chi connectivity index (χ1n) is 5.22. The van der Waals surface area contributed by atoms with E-state index in [-0.39, 0.29) is 0 Å². The maximum Gasteiger partial charge on any atom is 0.119 e. The second-order valence-corrected chi connectivity index (χ2v) is 4.55. The minimum absolute atomic E-state index is 0.336. The summed E-state index contributed by atoms with van der Waals surface area (Å²) in [6.45, 7) is 3.60. The quantitative estimate of drug-likeness (QED) is 0.872. The standard InChI is InChI=1S/C12H18BrNO2/c1-9(8-15-2)14-7-10-6-11(16-3)4-5-12(10)13/h4-6,9,14H,7-8H2,1-3H3. The van der Waals surface area contributed by atoms with E-state index in [4.69, 9.17) is 9.47 Å². The molecule has 0 radical (unpaired) electrons. The Morgan fingerprint density at radius 2 is 2.12 bits per heavy atom. The van der Waals surface area contributed by atoms with E-state index in [1.165, 1.54) is 5.56 Å². The smallest absolute Gasteiger partial charge is 0.119 e. The van der Waals surface area contributed by atoms with Gasteiger partial charge in [-0.25, -0.2) is 0 Å². The molecule has 0 amide bonds. The van der Waals surface area contributed by atoms with E-state index >= 15 is 0 Å². The highest BCUT2D eigenvalue weighted by molar-refractivity contribution is 9.10. The molecule has 1 unspecified atom stereocenters. The van der Waals surface area contributed by atoms with Crippen molar-refractivity contribution in [1.29, 1.82) is 0 Å². The Morgan fingerprint density at radius 3 is 2.75 bits per heavy atom. The molecule has 16 heavy (non-hydrogen) atoms. The van der Waals surface area contributed by atoms with Gasteiger partial charge >= 0.3 is 0 Å². The van der Waals surface area contributed by atoms with E-state index in [1.807, 2.05) is 18.2 Å². The van der Waals surface area contributed by atoms with Crippen LogP contribution in [0.4, 0.5) is 0 Å². The number of halogens is 1. The molecule has 90 valence electrons. The summed E-state index contributed by atoms with van der Waals surface area (Å²) in [5.41, 5.74) is 1.18. The highest BCUT2D eigenvalue weighted by atomic mass is 79.9. The molecule has 0 bridgehead atoms. The van der Waals surface area contributed by atoms with E-state index in [0.717, 1.165) is 16.8 Å². The third-order valence-corrected chi connectivity index (χ3v) is 3.08. The van der Waals surface area contributed by atoms with E-state index in [2.05, 4.69) is 28.2 Å². The van der Waals surface area contributed by atoms with Gasteiger partial charge in [0, 0.05) is 24.2 Å². The lowest BCUT2D eigenvalue weighted by molar-refractivity contribution is 0.171. The second-order valence-electron chi connectivity index (χ2n) is 3.69. The van der Waals surface area contributed by atoms with Crippen LogP contribution in [-0.4, -0.2) is 26.9 Å². The molecule has 1 atom stereocenters. The Balaban J connectivity index is 2.58. The molecule has 4 heteroatoms. The Morgan fingerprint density at radius 1 is 1.38 bits per heavy atom. The van der Waals surface area contributed by atoms with Crippen LogP contribution in [0.1, 0.15) is 12.5 Å². The fraction of sp³-hybridized carbons (Fsp3) is 0.500. The molecule has 1 aromatic rings. The van der Waals surface area contributed by atoms with Gasteiger partial charge in [0.15, 0.2) is 0 Å². The topological polar surface area (TPSA) is 30.5 Å². The molecule has 0 aliphatic rings. The summed E-state index contributed by atoms with van der Waals surface area (Å²) in [6.07, 6.45) is 0. The number of nitrogens with one attached hydrogen (secondary N) is 1. The fourth-order valence-corrected chi connectivity index (χ4v) is 1.79. The summed E-state index contributed by atoms with van der Waals surface area (Å²) in [6, 6.07) is 6.29. The zero-order valence-corrected chi connectivity index (χ0v) is 11.5. The molecule has 1 N–H and O–H groups in total. The highest BCUT2D eigenvalue weighted by Gasteiger charge is 2.04. The Hall–Kier alpha value is -0.580. The Labute approximate surface area is 105 Å². The van der Waals surface area contributed by atoms with Crippen LogP contribution >= 0.6 is 15.9 Å². The average molecular weight is 288 g/mol. The van der Waals surface area contributed by atoms with Crippen molar-refractivity contribution in [2.75, 3.05) is 20.8 Å². The Kier molecular flexibility index (Phi) is 5.80. The van der Waals surface area contributed by atoms with Gasteiger partial charge in [0.1, 0.15) is 5.75 Å². The van der Waals surface area contributed by atoms with Crippen LogP contribution in [0.2, 0.25) is 0 Å². The van der Waals surface area contributed by atoms with Gasteiger partial charge in [-0.1, -0.05) is 15.9 Å². The monoisotopic (exact) mass is 287 g/mol. The van der Waals surface area contributed by atoms with E-state index < -0.39 is 0 Å². The van der Waals surface area contributed by atoms with Crippen molar-refractivity contribution in [1.82, 2.24) is 5.32 Å². The van der Waals surface area contributed by atoms with Gasteiger partial charge in [0.2, 0.25) is 0 Å². The lowest BCUT2D eigenvalue weighted by atomic mass is 10.2. The van der Waals surface area contributed by atoms with E-state index in [9.17, 15) is 0 Å². The van der Waals surface area contributed by atoms with Crippen molar-refractivity contribution in [3.8, 4) is 5.75 Å². The van der Waals surface area contributed by atoms with Crippen molar-refractivity contribution in [3.63, 3.8) is 0 Å². The summed E-state index contributed by atoms with van der Waals surface area (Å²) in [5.74, 6) is 0.874. The first-order valence-corrected chi connectivity index (χ1v) is 6.01. The molecule has 0 saturated heterocycles. The van der Waals surface area contributed by atoms with Crippen molar-refractivity contribution < 1.29 is 9.47 Å². The first-order chi connectivity index (χ1) is 7.67. The van der Waals surface area contributed by atoms with Gasteiger partial charge in [0.05, 0.1) is 13.7 Å². The molecule has 3 nitrogen and oxygen atoms in total. The number of hydrogen-bond donors (Lipinski definition) is 1. The molecule has 0 aliphatic heterocycles. The normalized spacial score (nSPS) is 12.5. The van der Waals surface area contributed by atoms with Crippen LogP contribution in [0, 0.1) is 0 Å². The van der Waals surface area contributed by atoms with Gasteiger partial charge in [-0.3, -0.25) is 0 Å². The Bertz CT molecular complexity index is 331. The van der Waals surface area contributed by atoms with Crippen LogP contribution in [0.15, 0.2) is 22.7 Å². The number of benzene rings is 1. The maximum absolute atomic E-state index is 5.19. The van der Waals surface area contributed by atoms with Gasteiger partial charge in [-0.15, -0.1) is 0 Å². The van der Waals surface area contributed by atoms with Crippen LogP contribution in [0.5, 0.6) is 5.75 Å². The minimum Gasteiger partial charge on any atom is -0.497 e. The highest BCUT2D eigenvalue weighted by Crippen LogP contribution is 2.22. The molecular weight excluding hydrogens is 270 g/mol. The largest absolute Gasteiger partial charge is 0.497 e. The maximum atomic E-state index is 5.19. The minimum atomic E-state index is 0.336. The van der Waals surface area contributed by atoms with Crippen molar-refractivity contribution in [3.05, 3.63) is 28.2 Å². The van der Waals surface area contributed by atoms with Gasteiger partial charge < -0.3 is 14.8 Å². The number of hydrogen-bond acceptors (Lipinski definition) is 3. The molecule has 0 aromatic heterocycles. The molecule has 0 spiro atoms. The predicted molar refractivity (Wildman–Crippen MR) is 68.9 cm³/mol. The zero-order chi connectivity index (χ0) is 12.0. The molecule has 0 aliphatic carbocycles. The third kappa shape index (κ3) is 4.12. The van der Waals surface area contributed by atoms with E-state index in [1.54, 1.807) is 14.2 Å². The molecular formula is C12H18BrNO2. The summed E-state index contributed by atoms with van der Waals surface area (Å²) < 4.78 is 11.3. The molecule has 0 saturated carbocycles. The average Bonchev–Trinajstić information content (AvgIpc) is 2.28. The SMILES string of the molecule is COCC(C)NCc1cc(OC)ccc1Br. The van der Waals surface area contributed by atoms with Crippen molar-refractivity contribution >= 4 is 15.9 Å². The molecule has 0 heterocycles. The molecule has 0 fully saturated rings. The van der Waals surface area contributed by atoms with Gasteiger partial charge in [-0.2, -0.15) is 0 Å². The summed E-state index contributed by atoms with van der Waals surface area (Å²) in [7, 11) is 3.38. The summed E-state index contributed by atoms with van der Waals surface area (Å²) in [5, 5.41) is 3.38. The third-order valence-electron chi connectivity index (χ3n) is 2.31. The van der Waals surface area contributed by atoms with Crippen molar-refractivity contribution in [2.24, 2.45) is 0 Å². The number of methoxy groups -OCH3 is 2. The van der Waals surface area contributed by atoms with Gasteiger partial charge in [0.25, 0.3) is 0 Å². The lowest BCUT2D eigenvalue weighted by Crippen LogP contribution is -2.29. The fourth-order valence-electron chi connectivity index (χ4n) is 1.41. The van der Waals surface area contributed by atoms with Crippen LogP contribution in [-0.2, 0) is 11.3 Å². The van der Waals surface area contributed by atoms with Crippen LogP contribution in [0.3, 0.4) is 0 Å². The lowest BCUT2D eigenvalue weighted by Gasteiger charge is -2.14. The van der Waals surface area contributed by atoms with Crippen LogP contribution < -0.4 is 10.1 Å². The van der Waals surface area contributed by atoms with E-state index in [0.29, 0.717) is 12.6 Å². The summed E-state index contributed by atoms with van der Waals surface area (Å²) >= 11 is 3.52.